The van der Waals surface area contributed by atoms with Crippen molar-refractivity contribution in [3.8, 4) is 0 Å². The molecule has 26 heavy (non-hydrogen) atoms. The number of fused-ring (bicyclic) bond motifs is 12. The topological polar surface area (TPSA) is 26.3 Å². The lowest BCUT2D eigenvalue weighted by Gasteiger charge is -2.58. The maximum Gasteiger partial charge on any atom is 0.155 e. The van der Waals surface area contributed by atoms with Gasteiger partial charge in [-0.1, -0.05) is 24.6 Å². The molecular weight excluding hydrogens is 320 g/mol. The maximum absolute atomic E-state index is 12.0. The van der Waals surface area contributed by atoms with E-state index in [0.29, 0.717) is 11.2 Å². The molecule has 5 fully saturated rings. The Labute approximate surface area is 156 Å². The lowest BCUT2D eigenvalue weighted by molar-refractivity contribution is -0.145. The van der Waals surface area contributed by atoms with Gasteiger partial charge in [0.05, 0.1) is 12.2 Å². The van der Waals surface area contributed by atoms with Crippen molar-refractivity contribution in [1.29, 1.82) is 0 Å². The van der Waals surface area contributed by atoms with E-state index in [-0.39, 0.29) is 5.60 Å². The first kappa shape index (κ1) is 15.1. The molecule has 7 rings (SSSR count). The highest BCUT2D eigenvalue weighted by Crippen LogP contribution is 2.81. The van der Waals surface area contributed by atoms with E-state index >= 15 is 0 Å². The lowest BCUT2D eigenvalue weighted by atomic mass is 9.48. The maximum atomic E-state index is 12.0. The fraction of sp³-hybridized carbons (Fsp3) is 0.792. The van der Waals surface area contributed by atoms with Gasteiger partial charge in [-0.2, -0.15) is 0 Å². The Balaban J connectivity index is 1.34. The van der Waals surface area contributed by atoms with Gasteiger partial charge >= 0.3 is 0 Å². The molecule has 6 aliphatic carbocycles. The predicted octanol–water partition coefficient (Wildman–Crippen LogP) is 4.56. The van der Waals surface area contributed by atoms with Crippen LogP contribution in [0.2, 0.25) is 0 Å². The summed E-state index contributed by atoms with van der Waals surface area (Å²) in [5.41, 5.74) is 2.09. The molecule has 0 amide bonds. The second kappa shape index (κ2) is 4.57. The fourth-order valence-electron chi connectivity index (χ4n) is 9.48. The number of carbonyl (C=O) groups is 1. The van der Waals surface area contributed by atoms with E-state index < -0.39 is 0 Å². The van der Waals surface area contributed by atoms with Gasteiger partial charge in [0.2, 0.25) is 0 Å². The second-order valence-corrected chi connectivity index (χ2v) is 10.6. The Morgan fingerprint density at radius 3 is 2.88 bits per heavy atom. The van der Waals surface area contributed by atoms with Crippen LogP contribution in [0.4, 0.5) is 0 Å². The third-order valence-electron chi connectivity index (χ3n) is 10.3. The molecule has 7 unspecified atom stereocenters. The monoisotopic (exact) mass is 350 g/mol. The number of hydrogen-bond acceptors (Lipinski definition) is 2. The van der Waals surface area contributed by atoms with Crippen molar-refractivity contribution in [2.75, 3.05) is 6.61 Å². The van der Waals surface area contributed by atoms with E-state index in [0.717, 1.165) is 66.8 Å². The smallest absolute Gasteiger partial charge is 0.155 e. The van der Waals surface area contributed by atoms with Crippen LogP contribution in [-0.4, -0.2) is 18.0 Å². The summed E-state index contributed by atoms with van der Waals surface area (Å²) in [4.78, 5) is 12.0. The summed E-state index contributed by atoms with van der Waals surface area (Å²) in [7, 11) is 0. The molecule has 0 radical (unpaired) electrons. The molecule has 0 aromatic rings. The molecule has 0 aromatic carbocycles. The molecule has 0 bridgehead atoms. The Morgan fingerprint density at radius 1 is 1.15 bits per heavy atom. The second-order valence-electron chi connectivity index (χ2n) is 10.6. The SMILES string of the molecule is CC[C@]12CCC3C(C4CC4C4=CC(=O)CC[C@@H]43)C1C1CC1[C@@]21C=CCO1. The first-order chi connectivity index (χ1) is 12.7. The van der Waals surface area contributed by atoms with Gasteiger partial charge in [0.15, 0.2) is 5.78 Å². The highest BCUT2D eigenvalue weighted by Gasteiger charge is 2.79. The molecule has 0 aromatic heterocycles. The van der Waals surface area contributed by atoms with Gasteiger partial charge in [0.25, 0.3) is 0 Å². The molecular formula is C24H30O2. The van der Waals surface area contributed by atoms with Gasteiger partial charge in [0.1, 0.15) is 0 Å². The van der Waals surface area contributed by atoms with Crippen LogP contribution in [0, 0.1) is 52.8 Å². The Kier molecular flexibility index (Phi) is 2.65. The van der Waals surface area contributed by atoms with Crippen molar-refractivity contribution in [3.05, 3.63) is 23.8 Å². The van der Waals surface area contributed by atoms with E-state index in [4.69, 9.17) is 4.74 Å². The average molecular weight is 351 g/mol. The number of carbonyl (C=O) groups excluding carboxylic acids is 1. The highest BCUT2D eigenvalue weighted by atomic mass is 16.5. The van der Waals surface area contributed by atoms with Gasteiger partial charge in [-0.05, 0) is 91.9 Å². The summed E-state index contributed by atoms with van der Waals surface area (Å²) < 4.78 is 6.60. The minimum Gasteiger partial charge on any atom is -0.366 e. The third-order valence-corrected chi connectivity index (χ3v) is 10.3. The standard InChI is InChI=1S/C24H30O2/c1-2-23-8-6-15-14-5-4-13(25)10-16(14)17-11-18(17)21(15)22(23)19-12-20(19)24(23)7-3-9-26-24/h3,7,10,14-15,17-22H,2,4-6,8-9,11-12H2,1H3/t14-,15?,17?,18?,19?,20?,21?,22?,23+,24+/m1/s1. The summed E-state index contributed by atoms with van der Waals surface area (Å²) in [5, 5.41) is 0. The van der Waals surface area contributed by atoms with Crippen molar-refractivity contribution in [3.63, 3.8) is 0 Å². The highest BCUT2D eigenvalue weighted by molar-refractivity contribution is 5.91. The van der Waals surface area contributed by atoms with E-state index in [2.05, 4.69) is 25.2 Å². The van der Waals surface area contributed by atoms with Crippen molar-refractivity contribution in [1.82, 2.24) is 0 Å². The molecule has 7 aliphatic rings. The van der Waals surface area contributed by atoms with Crippen LogP contribution in [0.5, 0.6) is 0 Å². The minimum atomic E-state index is 0.0884. The minimum absolute atomic E-state index is 0.0884. The fourth-order valence-corrected chi connectivity index (χ4v) is 9.48. The number of ketones is 1. The summed E-state index contributed by atoms with van der Waals surface area (Å²) in [6, 6.07) is 0. The van der Waals surface area contributed by atoms with Gasteiger partial charge in [-0.3, -0.25) is 4.79 Å². The third kappa shape index (κ3) is 1.49. The van der Waals surface area contributed by atoms with Crippen LogP contribution in [0.25, 0.3) is 0 Å². The molecule has 1 aliphatic heterocycles. The van der Waals surface area contributed by atoms with Crippen LogP contribution in [0.3, 0.4) is 0 Å². The van der Waals surface area contributed by atoms with E-state index in [1.165, 1.54) is 32.1 Å². The summed E-state index contributed by atoms with van der Waals surface area (Å²) in [6.07, 6.45) is 15.7. The van der Waals surface area contributed by atoms with Crippen LogP contribution in [0.1, 0.15) is 51.9 Å². The zero-order valence-corrected chi connectivity index (χ0v) is 15.8. The molecule has 0 N–H and O–H groups in total. The van der Waals surface area contributed by atoms with Crippen molar-refractivity contribution < 1.29 is 9.53 Å². The summed E-state index contributed by atoms with van der Waals surface area (Å²) in [5.74, 6) is 7.25. The Bertz CT molecular complexity index is 764. The largest absolute Gasteiger partial charge is 0.366 e. The van der Waals surface area contributed by atoms with Crippen molar-refractivity contribution in [2.45, 2.75) is 57.5 Å². The van der Waals surface area contributed by atoms with Crippen LogP contribution >= 0.6 is 0 Å². The molecule has 138 valence electrons. The average Bonchev–Trinajstić information content (AvgIpc) is 3.56. The Morgan fingerprint density at radius 2 is 2.08 bits per heavy atom. The zero-order valence-electron chi connectivity index (χ0n) is 15.8. The van der Waals surface area contributed by atoms with Gasteiger partial charge in [-0.25, -0.2) is 0 Å². The molecule has 2 nitrogen and oxygen atoms in total. The van der Waals surface area contributed by atoms with Crippen molar-refractivity contribution >= 4 is 5.78 Å². The summed E-state index contributed by atoms with van der Waals surface area (Å²) in [6.45, 7) is 3.29. The molecule has 0 saturated heterocycles. The van der Waals surface area contributed by atoms with Crippen LogP contribution in [0.15, 0.2) is 23.8 Å². The van der Waals surface area contributed by atoms with E-state index in [1.54, 1.807) is 5.57 Å². The van der Waals surface area contributed by atoms with E-state index in [1.807, 2.05) is 0 Å². The van der Waals surface area contributed by atoms with Crippen LogP contribution < -0.4 is 0 Å². The number of ether oxygens (including phenoxy) is 1. The van der Waals surface area contributed by atoms with Gasteiger partial charge in [0, 0.05) is 11.8 Å². The predicted molar refractivity (Wildman–Crippen MR) is 99.3 cm³/mol. The zero-order chi connectivity index (χ0) is 17.3. The molecule has 1 spiro atoms. The molecule has 2 heteroatoms. The first-order valence-corrected chi connectivity index (χ1v) is 11.3. The van der Waals surface area contributed by atoms with Gasteiger partial charge in [-0.15, -0.1) is 0 Å². The van der Waals surface area contributed by atoms with Gasteiger partial charge < -0.3 is 4.74 Å². The Hall–Kier alpha value is -0.890. The number of hydrogen-bond donors (Lipinski definition) is 0. The van der Waals surface area contributed by atoms with Crippen LogP contribution in [-0.2, 0) is 9.53 Å². The number of rotatable bonds is 1. The van der Waals surface area contributed by atoms with E-state index in [9.17, 15) is 4.79 Å². The molecule has 1 heterocycles. The van der Waals surface area contributed by atoms with Crippen molar-refractivity contribution in [2.24, 2.45) is 52.8 Å². The quantitative estimate of drug-likeness (QED) is 0.648. The molecule has 10 atom stereocenters. The summed E-state index contributed by atoms with van der Waals surface area (Å²) >= 11 is 0. The number of allylic oxidation sites excluding steroid dienone is 1. The first-order valence-electron chi connectivity index (χ1n) is 11.3. The normalized spacial score (nSPS) is 60.7. The lowest BCUT2D eigenvalue weighted by Crippen LogP contribution is -2.56. The molecule has 5 saturated carbocycles.